The van der Waals surface area contributed by atoms with E-state index < -0.39 is 0 Å². The number of rotatable bonds is 4. The molecule has 4 nitrogen and oxygen atoms in total. The molecule has 0 saturated carbocycles. The van der Waals surface area contributed by atoms with Gasteiger partial charge in [0.25, 0.3) is 0 Å². The number of urea groups is 1. The fourth-order valence-corrected chi connectivity index (χ4v) is 2.32. The second-order valence-corrected chi connectivity index (χ2v) is 5.09. The first-order chi connectivity index (χ1) is 8.65. The first-order valence-corrected chi connectivity index (χ1v) is 6.63. The number of hydrogen-bond donors (Lipinski definition) is 2. The average molecular weight is 264 g/mol. The molecule has 0 saturated heterocycles. The van der Waals surface area contributed by atoms with Crippen LogP contribution in [0, 0.1) is 13.8 Å². The van der Waals surface area contributed by atoms with Crippen molar-refractivity contribution in [3.63, 3.8) is 0 Å². The zero-order valence-corrected chi connectivity index (χ0v) is 11.3. The van der Waals surface area contributed by atoms with Gasteiger partial charge in [-0.05, 0) is 31.4 Å². The molecule has 2 heterocycles. The Morgan fingerprint density at radius 2 is 2.11 bits per heavy atom. The molecule has 0 aromatic carbocycles. The molecule has 0 fully saturated rings. The van der Waals surface area contributed by atoms with Crippen LogP contribution < -0.4 is 10.6 Å². The van der Waals surface area contributed by atoms with Crippen LogP contribution in [0.15, 0.2) is 28.0 Å². The summed E-state index contributed by atoms with van der Waals surface area (Å²) < 4.78 is 5.40. The van der Waals surface area contributed by atoms with Gasteiger partial charge in [-0.3, -0.25) is 0 Å². The highest BCUT2D eigenvalue weighted by Gasteiger charge is 2.06. The minimum Gasteiger partial charge on any atom is -0.466 e. The van der Waals surface area contributed by atoms with Crippen LogP contribution in [-0.2, 0) is 13.1 Å². The van der Waals surface area contributed by atoms with Gasteiger partial charge >= 0.3 is 6.03 Å². The first-order valence-electron chi connectivity index (χ1n) is 5.75. The van der Waals surface area contributed by atoms with E-state index in [-0.39, 0.29) is 6.03 Å². The lowest BCUT2D eigenvalue weighted by molar-refractivity contribution is 0.240. The Morgan fingerprint density at radius 1 is 1.33 bits per heavy atom. The maximum Gasteiger partial charge on any atom is 0.315 e. The van der Waals surface area contributed by atoms with E-state index in [1.54, 1.807) is 11.3 Å². The number of nitrogens with one attached hydrogen (secondary N) is 2. The summed E-state index contributed by atoms with van der Waals surface area (Å²) in [5.41, 5.74) is 1.01. The molecule has 96 valence electrons. The number of amides is 2. The van der Waals surface area contributed by atoms with E-state index in [0.29, 0.717) is 13.1 Å². The van der Waals surface area contributed by atoms with E-state index in [2.05, 4.69) is 10.6 Å². The van der Waals surface area contributed by atoms with Gasteiger partial charge in [0.2, 0.25) is 0 Å². The van der Waals surface area contributed by atoms with Crippen LogP contribution in [0.5, 0.6) is 0 Å². The summed E-state index contributed by atoms with van der Waals surface area (Å²) in [6, 6.07) is 5.74. The molecule has 0 atom stereocenters. The number of carbonyl (C=O) groups is 1. The molecule has 0 aliphatic rings. The number of carbonyl (C=O) groups excluding carboxylic acids is 1. The number of thiophene rings is 1. The Bertz CT molecular complexity index is 517. The van der Waals surface area contributed by atoms with Crippen LogP contribution in [0.1, 0.15) is 22.0 Å². The molecule has 0 bridgehead atoms. The normalized spacial score (nSPS) is 10.3. The van der Waals surface area contributed by atoms with Crippen molar-refractivity contribution in [1.82, 2.24) is 10.6 Å². The molecular formula is C13H16N2O2S. The molecule has 0 spiro atoms. The van der Waals surface area contributed by atoms with Crippen LogP contribution in [0.2, 0.25) is 0 Å². The second kappa shape index (κ2) is 5.73. The fraction of sp³-hybridized carbons (Fsp3) is 0.308. The number of furan rings is 1. The summed E-state index contributed by atoms with van der Waals surface area (Å²) in [4.78, 5) is 12.7. The third-order valence-electron chi connectivity index (χ3n) is 2.59. The van der Waals surface area contributed by atoms with Crippen molar-refractivity contribution in [3.05, 3.63) is 45.5 Å². The third-order valence-corrected chi connectivity index (χ3v) is 3.46. The summed E-state index contributed by atoms with van der Waals surface area (Å²) in [5, 5.41) is 7.61. The van der Waals surface area contributed by atoms with Crippen molar-refractivity contribution in [3.8, 4) is 0 Å². The number of aryl methyl sites for hydroxylation is 2. The zero-order chi connectivity index (χ0) is 13.0. The molecule has 2 aromatic rings. The Hall–Kier alpha value is -1.75. The van der Waals surface area contributed by atoms with Crippen LogP contribution in [0.3, 0.4) is 0 Å². The third kappa shape index (κ3) is 3.37. The van der Waals surface area contributed by atoms with Crippen molar-refractivity contribution in [2.24, 2.45) is 0 Å². The average Bonchev–Trinajstić information content (AvgIpc) is 2.94. The van der Waals surface area contributed by atoms with Crippen LogP contribution in [-0.4, -0.2) is 6.03 Å². The van der Waals surface area contributed by atoms with E-state index in [0.717, 1.165) is 22.0 Å². The smallest absolute Gasteiger partial charge is 0.315 e. The molecule has 2 rings (SSSR count). The van der Waals surface area contributed by atoms with Gasteiger partial charge in [-0.25, -0.2) is 4.79 Å². The summed E-state index contributed by atoms with van der Waals surface area (Å²) >= 11 is 1.63. The first kappa shape index (κ1) is 12.7. The Labute approximate surface area is 110 Å². The standard InChI is InChI=1S/C13H16N2O2S/c1-9-6-11(10(2)17-9)7-14-13(16)15-8-12-4-3-5-18-12/h3-6H,7-8H2,1-2H3,(H2,14,15,16). The minimum atomic E-state index is -0.165. The Balaban J connectivity index is 1.76. The minimum absolute atomic E-state index is 0.165. The quantitative estimate of drug-likeness (QED) is 0.892. The Morgan fingerprint density at radius 3 is 2.72 bits per heavy atom. The lowest BCUT2D eigenvalue weighted by atomic mass is 10.2. The second-order valence-electron chi connectivity index (χ2n) is 4.05. The lowest BCUT2D eigenvalue weighted by Gasteiger charge is -2.05. The molecule has 2 amide bonds. The van der Waals surface area contributed by atoms with Gasteiger partial charge in [0.15, 0.2) is 0 Å². The summed E-state index contributed by atoms with van der Waals surface area (Å²) in [6.07, 6.45) is 0. The molecule has 5 heteroatoms. The topological polar surface area (TPSA) is 54.3 Å². The van der Waals surface area contributed by atoms with Gasteiger partial charge < -0.3 is 15.1 Å². The van der Waals surface area contributed by atoms with Gasteiger partial charge in [0.1, 0.15) is 11.5 Å². The molecule has 2 N–H and O–H groups in total. The van der Waals surface area contributed by atoms with Gasteiger partial charge in [-0.2, -0.15) is 0 Å². The van der Waals surface area contributed by atoms with Crippen molar-refractivity contribution < 1.29 is 9.21 Å². The molecule has 18 heavy (non-hydrogen) atoms. The van der Waals surface area contributed by atoms with Gasteiger partial charge in [0, 0.05) is 17.0 Å². The summed E-state index contributed by atoms with van der Waals surface area (Å²) in [5.74, 6) is 1.72. The largest absolute Gasteiger partial charge is 0.466 e. The monoisotopic (exact) mass is 264 g/mol. The Kier molecular flexibility index (Phi) is 4.04. The molecule has 0 unspecified atom stereocenters. The van der Waals surface area contributed by atoms with Crippen LogP contribution in [0.4, 0.5) is 4.79 Å². The predicted molar refractivity (Wildman–Crippen MR) is 71.6 cm³/mol. The summed E-state index contributed by atoms with van der Waals surface area (Å²) in [6.45, 7) is 4.84. The van der Waals surface area contributed by atoms with E-state index >= 15 is 0 Å². The predicted octanol–water partition coefficient (Wildman–Crippen LogP) is 2.96. The van der Waals surface area contributed by atoms with Crippen LogP contribution in [0.25, 0.3) is 0 Å². The van der Waals surface area contributed by atoms with Gasteiger partial charge in [-0.15, -0.1) is 11.3 Å². The fourth-order valence-electron chi connectivity index (χ4n) is 1.68. The number of hydrogen-bond acceptors (Lipinski definition) is 3. The van der Waals surface area contributed by atoms with E-state index in [9.17, 15) is 4.79 Å². The van der Waals surface area contributed by atoms with Crippen molar-refractivity contribution in [2.45, 2.75) is 26.9 Å². The molecule has 2 aromatic heterocycles. The van der Waals surface area contributed by atoms with Crippen molar-refractivity contribution >= 4 is 17.4 Å². The van der Waals surface area contributed by atoms with Gasteiger partial charge in [0.05, 0.1) is 6.54 Å². The van der Waals surface area contributed by atoms with Crippen molar-refractivity contribution in [2.75, 3.05) is 0 Å². The highest BCUT2D eigenvalue weighted by Crippen LogP contribution is 2.13. The highest BCUT2D eigenvalue weighted by molar-refractivity contribution is 7.09. The highest BCUT2D eigenvalue weighted by atomic mass is 32.1. The maximum absolute atomic E-state index is 11.6. The SMILES string of the molecule is Cc1cc(CNC(=O)NCc2cccs2)c(C)o1. The zero-order valence-electron chi connectivity index (χ0n) is 10.4. The van der Waals surface area contributed by atoms with E-state index in [1.807, 2.05) is 37.4 Å². The lowest BCUT2D eigenvalue weighted by Crippen LogP contribution is -2.34. The van der Waals surface area contributed by atoms with E-state index in [1.165, 1.54) is 0 Å². The summed E-state index contributed by atoms with van der Waals surface area (Å²) in [7, 11) is 0. The van der Waals surface area contributed by atoms with E-state index in [4.69, 9.17) is 4.42 Å². The van der Waals surface area contributed by atoms with Crippen LogP contribution >= 0.6 is 11.3 Å². The molecule has 0 aliphatic carbocycles. The van der Waals surface area contributed by atoms with Gasteiger partial charge in [-0.1, -0.05) is 6.07 Å². The van der Waals surface area contributed by atoms with Crippen molar-refractivity contribution in [1.29, 1.82) is 0 Å². The molecule has 0 radical (unpaired) electrons. The molecule has 0 aliphatic heterocycles. The molecular weight excluding hydrogens is 248 g/mol. The maximum atomic E-state index is 11.6.